The molecule has 2 heteroatoms. The topological polar surface area (TPSA) is 32.3 Å². The van der Waals surface area contributed by atoms with E-state index < -0.39 is 0 Å². The molecule has 1 aliphatic rings. The van der Waals surface area contributed by atoms with Crippen molar-refractivity contribution >= 4 is 0 Å². The highest BCUT2D eigenvalue weighted by atomic mass is 16.3. The zero-order valence-electron chi connectivity index (χ0n) is 11.3. The van der Waals surface area contributed by atoms with Crippen LogP contribution in [0, 0.1) is 5.41 Å². The van der Waals surface area contributed by atoms with E-state index in [9.17, 15) is 5.11 Å². The smallest absolute Gasteiger partial charge is 0.0712 e. The SMILES string of the molecule is CC(C)(C)C(O)CNC1CCCCCCC1. The van der Waals surface area contributed by atoms with Gasteiger partial charge in [-0.15, -0.1) is 0 Å². The van der Waals surface area contributed by atoms with E-state index in [2.05, 4.69) is 26.1 Å². The van der Waals surface area contributed by atoms with Gasteiger partial charge in [0.2, 0.25) is 0 Å². The summed E-state index contributed by atoms with van der Waals surface area (Å²) in [4.78, 5) is 0. The number of aliphatic hydroxyl groups excluding tert-OH is 1. The lowest BCUT2D eigenvalue weighted by Gasteiger charge is -2.29. The molecule has 2 nitrogen and oxygen atoms in total. The highest BCUT2D eigenvalue weighted by Crippen LogP contribution is 2.20. The van der Waals surface area contributed by atoms with E-state index in [1.807, 2.05) is 0 Å². The van der Waals surface area contributed by atoms with Gasteiger partial charge in [0.1, 0.15) is 0 Å². The van der Waals surface area contributed by atoms with E-state index in [4.69, 9.17) is 0 Å². The molecule has 1 aliphatic carbocycles. The molecule has 0 aromatic carbocycles. The maximum atomic E-state index is 9.98. The van der Waals surface area contributed by atoms with Crippen LogP contribution < -0.4 is 5.32 Å². The highest BCUT2D eigenvalue weighted by Gasteiger charge is 2.22. The fourth-order valence-corrected chi connectivity index (χ4v) is 2.24. The normalized spacial score (nSPS) is 22.5. The molecule has 1 unspecified atom stereocenters. The summed E-state index contributed by atoms with van der Waals surface area (Å²) in [5, 5.41) is 13.5. The molecule has 0 aromatic heterocycles. The third-order valence-corrected chi connectivity index (χ3v) is 3.70. The largest absolute Gasteiger partial charge is 0.391 e. The number of hydrogen-bond acceptors (Lipinski definition) is 2. The van der Waals surface area contributed by atoms with E-state index in [-0.39, 0.29) is 11.5 Å². The van der Waals surface area contributed by atoms with Crippen LogP contribution in [0.4, 0.5) is 0 Å². The Kier molecular flexibility index (Phi) is 5.77. The maximum Gasteiger partial charge on any atom is 0.0712 e. The summed E-state index contributed by atoms with van der Waals surface area (Å²) in [7, 11) is 0. The van der Waals surface area contributed by atoms with Crippen molar-refractivity contribution in [1.82, 2.24) is 5.32 Å². The molecule has 0 radical (unpaired) electrons. The van der Waals surface area contributed by atoms with Crippen molar-refractivity contribution in [2.45, 2.75) is 77.9 Å². The first kappa shape index (κ1) is 14.0. The third kappa shape index (κ3) is 5.31. The Morgan fingerprint density at radius 1 is 1.06 bits per heavy atom. The van der Waals surface area contributed by atoms with Crippen LogP contribution in [0.3, 0.4) is 0 Å². The van der Waals surface area contributed by atoms with Crippen molar-refractivity contribution < 1.29 is 5.11 Å². The highest BCUT2D eigenvalue weighted by molar-refractivity contribution is 4.78. The Bertz CT molecular complexity index is 178. The molecule has 0 amide bonds. The molecule has 0 spiro atoms. The van der Waals surface area contributed by atoms with Crippen molar-refractivity contribution in [3.63, 3.8) is 0 Å². The van der Waals surface area contributed by atoms with Gasteiger partial charge in [-0.2, -0.15) is 0 Å². The van der Waals surface area contributed by atoms with E-state index in [0.29, 0.717) is 6.04 Å². The minimum Gasteiger partial charge on any atom is -0.391 e. The zero-order valence-corrected chi connectivity index (χ0v) is 11.3. The van der Waals surface area contributed by atoms with Crippen molar-refractivity contribution in [2.24, 2.45) is 5.41 Å². The summed E-state index contributed by atoms with van der Waals surface area (Å²) in [5.41, 5.74) is -0.00534. The van der Waals surface area contributed by atoms with Gasteiger partial charge >= 0.3 is 0 Å². The Labute approximate surface area is 101 Å². The molecule has 0 aromatic rings. The predicted molar refractivity (Wildman–Crippen MR) is 69.6 cm³/mol. The maximum absolute atomic E-state index is 9.98. The fraction of sp³-hybridized carbons (Fsp3) is 1.00. The van der Waals surface area contributed by atoms with E-state index in [0.717, 1.165) is 6.54 Å². The second-order valence-corrected chi connectivity index (χ2v) is 6.33. The average Bonchev–Trinajstić information content (AvgIpc) is 2.14. The van der Waals surface area contributed by atoms with Gasteiger partial charge < -0.3 is 10.4 Å². The van der Waals surface area contributed by atoms with Crippen molar-refractivity contribution in [2.75, 3.05) is 6.54 Å². The van der Waals surface area contributed by atoms with Gasteiger partial charge in [0.05, 0.1) is 6.10 Å². The first-order valence-electron chi connectivity index (χ1n) is 6.91. The fourth-order valence-electron chi connectivity index (χ4n) is 2.24. The second-order valence-electron chi connectivity index (χ2n) is 6.33. The molecule has 1 fully saturated rings. The van der Waals surface area contributed by atoms with Crippen LogP contribution in [-0.4, -0.2) is 23.8 Å². The summed E-state index contributed by atoms with van der Waals surface area (Å²) >= 11 is 0. The van der Waals surface area contributed by atoms with Crippen LogP contribution >= 0.6 is 0 Å². The van der Waals surface area contributed by atoms with Gasteiger partial charge in [0.15, 0.2) is 0 Å². The molecule has 1 atom stereocenters. The predicted octanol–water partition coefficient (Wildman–Crippen LogP) is 3.10. The summed E-state index contributed by atoms with van der Waals surface area (Å²) < 4.78 is 0. The number of aliphatic hydroxyl groups is 1. The van der Waals surface area contributed by atoms with Gasteiger partial charge in [-0.3, -0.25) is 0 Å². The second kappa shape index (κ2) is 6.61. The molecule has 96 valence electrons. The number of nitrogens with one attached hydrogen (secondary N) is 1. The summed E-state index contributed by atoms with van der Waals surface area (Å²) in [6.07, 6.45) is 9.23. The number of rotatable bonds is 3. The Morgan fingerprint density at radius 2 is 1.56 bits per heavy atom. The Balaban J connectivity index is 2.24. The quantitative estimate of drug-likeness (QED) is 0.776. The average molecular weight is 227 g/mol. The lowest BCUT2D eigenvalue weighted by molar-refractivity contribution is 0.0595. The lowest BCUT2D eigenvalue weighted by atomic mass is 9.88. The molecule has 16 heavy (non-hydrogen) atoms. The van der Waals surface area contributed by atoms with E-state index >= 15 is 0 Å². The molecular formula is C14H29NO. The monoisotopic (exact) mass is 227 g/mol. The molecule has 1 saturated carbocycles. The lowest BCUT2D eigenvalue weighted by Crippen LogP contribution is -2.41. The standard InChI is InChI=1S/C14H29NO/c1-14(2,3)13(16)11-15-12-9-7-5-4-6-8-10-12/h12-13,15-16H,4-11H2,1-3H3. The van der Waals surface area contributed by atoms with Gasteiger partial charge in [-0.1, -0.05) is 52.9 Å². The van der Waals surface area contributed by atoms with Crippen molar-refractivity contribution in [1.29, 1.82) is 0 Å². The van der Waals surface area contributed by atoms with E-state index in [1.165, 1.54) is 44.9 Å². The molecule has 0 aliphatic heterocycles. The summed E-state index contributed by atoms with van der Waals surface area (Å²) in [6, 6.07) is 0.636. The van der Waals surface area contributed by atoms with E-state index in [1.54, 1.807) is 0 Å². The number of hydrogen-bond donors (Lipinski definition) is 2. The van der Waals surface area contributed by atoms with Gasteiger partial charge in [-0.05, 0) is 18.3 Å². The summed E-state index contributed by atoms with van der Waals surface area (Å²) in [6.45, 7) is 7.03. The molecule has 0 saturated heterocycles. The molecule has 0 heterocycles. The minimum atomic E-state index is -0.238. The summed E-state index contributed by atoms with van der Waals surface area (Å²) in [5.74, 6) is 0. The third-order valence-electron chi connectivity index (χ3n) is 3.70. The first-order valence-corrected chi connectivity index (χ1v) is 6.91. The van der Waals surface area contributed by atoms with Crippen LogP contribution in [0.5, 0.6) is 0 Å². The first-order chi connectivity index (χ1) is 7.50. The van der Waals surface area contributed by atoms with Gasteiger partial charge in [-0.25, -0.2) is 0 Å². The van der Waals surface area contributed by atoms with Crippen molar-refractivity contribution in [3.05, 3.63) is 0 Å². The minimum absolute atomic E-state index is 0.00534. The zero-order chi connectivity index (χ0) is 12.0. The Morgan fingerprint density at radius 3 is 2.06 bits per heavy atom. The molecule has 0 bridgehead atoms. The van der Waals surface area contributed by atoms with Crippen LogP contribution in [0.1, 0.15) is 65.7 Å². The molecular weight excluding hydrogens is 198 g/mol. The molecule has 2 N–H and O–H groups in total. The van der Waals surface area contributed by atoms with Gasteiger partial charge in [0, 0.05) is 12.6 Å². The molecule has 1 rings (SSSR count). The van der Waals surface area contributed by atoms with Gasteiger partial charge in [0.25, 0.3) is 0 Å². The van der Waals surface area contributed by atoms with Crippen molar-refractivity contribution in [3.8, 4) is 0 Å². The van der Waals surface area contributed by atoms with Crippen LogP contribution in [0.25, 0.3) is 0 Å². The van der Waals surface area contributed by atoms with Crippen LogP contribution in [0.15, 0.2) is 0 Å². The van der Waals surface area contributed by atoms with Crippen LogP contribution in [-0.2, 0) is 0 Å². The van der Waals surface area contributed by atoms with Crippen LogP contribution in [0.2, 0.25) is 0 Å². The Hall–Kier alpha value is -0.0800.